The summed E-state index contributed by atoms with van der Waals surface area (Å²) in [7, 11) is -2.01. The van der Waals surface area contributed by atoms with Gasteiger partial charge in [0.15, 0.2) is 0 Å². The molecule has 0 aliphatic heterocycles. The molecule has 0 saturated heterocycles. The fraction of sp³-hybridized carbons (Fsp3) is 0.440. The number of hydrogen-bond donors (Lipinski definition) is 1. The highest BCUT2D eigenvalue weighted by molar-refractivity contribution is 7.92. The van der Waals surface area contributed by atoms with Gasteiger partial charge in [-0.25, -0.2) is 8.42 Å². The van der Waals surface area contributed by atoms with Crippen molar-refractivity contribution in [3.63, 3.8) is 0 Å². The molecule has 192 valence electrons. The first kappa shape index (κ1) is 28.5. The number of nitrogens with zero attached hydrogens (tertiary/aromatic N) is 2. The minimum absolute atomic E-state index is 0.0759. The summed E-state index contributed by atoms with van der Waals surface area (Å²) in [6, 6.07) is 13.3. The van der Waals surface area contributed by atoms with E-state index in [-0.39, 0.29) is 37.7 Å². The number of methoxy groups -OCH3 is 1. The number of nitrogens with one attached hydrogen (secondary N) is 1. The summed E-state index contributed by atoms with van der Waals surface area (Å²) in [5, 5.41) is 3.22. The Morgan fingerprint density at radius 3 is 2.43 bits per heavy atom. The van der Waals surface area contributed by atoms with Gasteiger partial charge in [-0.05, 0) is 55.7 Å². The number of likely N-dealkylation sites (N-methyl/N-ethyl adjacent to an activating group) is 1. The third-order valence-corrected chi connectivity index (χ3v) is 6.90. The minimum atomic E-state index is -3.58. The smallest absolute Gasteiger partial charge is 0.242 e. The van der Waals surface area contributed by atoms with Crippen molar-refractivity contribution < 1.29 is 22.7 Å². The van der Waals surface area contributed by atoms with E-state index >= 15 is 0 Å². The molecule has 0 spiro atoms. The number of benzene rings is 2. The zero-order chi connectivity index (χ0) is 26.0. The summed E-state index contributed by atoms with van der Waals surface area (Å²) >= 11 is 6.04. The molecule has 1 N–H and O–H groups in total. The van der Waals surface area contributed by atoms with Crippen LogP contribution in [0.3, 0.4) is 0 Å². The molecule has 0 aliphatic rings. The number of ether oxygens (including phenoxy) is 1. The van der Waals surface area contributed by atoms with Gasteiger partial charge in [0.05, 0.1) is 19.1 Å². The van der Waals surface area contributed by atoms with E-state index in [2.05, 4.69) is 5.32 Å². The Bertz CT molecular complexity index is 1110. The highest BCUT2D eigenvalue weighted by Crippen LogP contribution is 2.23. The molecule has 0 aromatic heterocycles. The predicted octanol–water partition coefficient (Wildman–Crippen LogP) is 3.84. The Morgan fingerprint density at radius 1 is 1.11 bits per heavy atom. The molecule has 2 rings (SSSR count). The molecule has 0 radical (unpaired) electrons. The van der Waals surface area contributed by atoms with E-state index in [0.29, 0.717) is 29.4 Å². The molecule has 35 heavy (non-hydrogen) atoms. The van der Waals surface area contributed by atoms with E-state index in [1.54, 1.807) is 36.3 Å². The van der Waals surface area contributed by atoms with E-state index < -0.39 is 16.1 Å². The van der Waals surface area contributed by atoms with Crippen molar-refractivity contribution in [2.75, 3.05) is 30.8 Å². The van der Waals surface area contributed by atoms with Crippen molar-refractivity contribution in [1.82, 2.24) is 10.2 Å². The molecule has 2 aromatic rings. The topological polar surface area (TPSA) is 96.0 Å². The molecule has 0 unspecified atom stereocenters. The van der Waals surface area contributed by atoms with Crippen molar-refractivity contribution in [2.45, 2.75) is 45.7 Å². The Hall–Kier alpha value is -2.78. The van der Waals surface area contributed by atoms with Gasteiger partial charge in [-0.2, -0.15) is 0 Å². The summed E-state index contributed by atoms with van der Waals surface area (Å²) in [5.74, 6) is 0.208. The fourth-order valence-electron chi connectivity index (χ4n) is 3.81. The predicted molar refractivity (Wildman–Crippen MR) is 139 cm³/mol. The van der Waals surface area contributed by atoms with Crippen molar-refractivity contribution in [3.8, 4) is 5.75 Å². The number of carbonyl (C=O) groups excluding carboxylic acids is 2. The molecule has 0 aliphatic carbocycles. The second-order valence-electron chi connectivity index (χ2n) is 8.11. The lowest BCUT2D eigenvalue weighted by Gasteiger charge is -2.31. The standard InChI is InChI=1S/C25H34ClN3O5S/c1-5-23(25(31)27-6-2)28(18-19-10-7-13-22(16-19)34-3)24(30)14-9-15-29(35(4,32)33)21-12-8-11-20(26)17-21/h7-8,10-13,16-17,23H,5-6,9,14-15,18H2,1-4H3,(H,27,31)/t23-/m0/s1. The third-order valence-electron chi connectivity index (χ3n) is 5.47. The summed E-state index contributed by atoms with van der Waals surface area (Å²) in [6.07, 6.45) is 1.91. The quantitative estimate of drug-likeness (QED) is 0.430. The van der Waals surface area contributed by atoms with Crippen LogP contribution in [0.15, 0.2) is 48.5 Å². The Kier molecular flexibility index (Phi) is 10.9. The van der Waals surface area contributed by atoms with E-state index in [0.717, 1.165) is 11.8 Å². The van der Waals surface area contributed by atoms with Crippen LogP contribution in [-0.4, -0.2) is 57.6 Å². The van der Waals surface area contributed by atoms with Crippen molar-refractivity contribution in [1.29, 1.82) is 0 Å². The van der Waals surface area contributed by atoms with Gasteiger partial charge in [-0.3, -0.25) is 13.9 Å². The number of anilines is 1. The summed E-state index contributed by atoms with van der Waals surface area (Å²) in [4.78, 5) is 27.7. The number of amides is 2. The lowest BCUT2D eigenvalue weighted by atomic mass is 10.1. The third kappa shape index (κ3) is 8.43. The number of halogens is 1. The van der Waals surface area contributed by atoms with E-state index in [4.69, 9.17) is 16.3 Å². The van der Waals surface area contributed by atoms with Gasteiger partial charge in [0.25, 0.3) is 0 Å². The maximum atomic E-state index is 13.4. The molecule has 10 heteroatoms. The van der Waals surface area contributed by atoms with Crippen LogP contribution in [-0.2, 0) is 26.2 Å². The van der Waals surface area contributed by atoms with Gasteiger partial charge in [-0.15, -0.1) is 0 Å². The van der Waals surface area contributed by atoms with Crippen molar-refractivity contribution in [2.24, 2.45) is 0 Å². The molecule has 1 atom stereocenters. The Morgan fingerprint density at radius 2 is 1.83 bits per heavy atom. The van der Waals surface area contributed by atoms with E-state index in [9.17, 15) is 18.0 Å². The van der Waals surface area contributed by atoms with Crippen molar-refractivity contribution >= 4 is 39.1 Å². The van der Waals surface area contributed by atoms with E-state index in [1.165, 1.54) is 4.31 Å². The first-order chi connectivity index (χ1) is 16.6. The van der Waals surface area contributed by atoms with Gasteiger partial charge in [0, 0.05) is 31.1 Å². The largest absolute Gasteiger partial charge is 0.497 e. The van der Waals surface area contributed by atoms with Crippen LogP contribution in [0.2, 0.25) is 5.02 Å². The second-order valence-corrected chi connectivity index (χ2v) is 10.5. The maximum absolute atomic E-state index is 13.4. The Balaban J connectivity index is 2.22. The van der Waals surface area contributed by atoms with Crippen molar-refractivity contribution in [3.05, 3.63) is 59.1 Å². The SMILES string of the molecule is CCNC(=O)[C@H](CC)N(Cc1cccc(OC)c1)C(=O)CCCN(c1cccc(Cl)c1)S(C)(=O)=O. The second kappa shape index (κ2) is 13.3. The molecular formula is C25H34ClN3O5S. The zero-order valence-electron chi connectivity index (χ0n) is 20.7. The molecule has 2 amide bonds. The minimum Gasteiger partial charge on any atom is -0.497 e. The molecule has 0 heterocycles. The first-order valence-corrected chi connectivity index (χ1v) is 13.8. The zero-order valence-corrected chi connectivity index (χ0v) is 22.2. The van der Waals surface area contributed by atoms with Crippen LogP contribution in [0.5, 0.6) is 5.75 Å². The Labute approximate surface area is 213 Å². The van der Waals surface area contributed by atoms with Crippen LogP contribution in [0, 0.1) is 0 Å². The monoisotopic (exact) mass is 523 g/mol. The van der Waals surface area contributed by atoms with Gasteiger partial charge in [0.2, 0.25) is 21.8 Å². The van der Waals surface area contributed by atoms with Crippen LogP contribution >= 0.6 is 11.6 Å². The molecule has 0 saturated carbocycles. The highest BCUT2D eigenvalue weighted by atomic mass is 35.5. The first-order valence-electron chi connectivity index (χ1n) is 11.5. The summed E-state index contributed by atoms with van der Waals surface area (Å²) in [5.41, 5.74) is 1.27. The summed E-state index contributed by atoms with van der Waals surface area (Å²) in [6.45, 7) is 4.48. The maximum Gasteiger partial charge on any atom is 0.242 e. The van der Waals surface area contributed by atoms with Crippen LogP contribution in [0.4, 0.5) is 5.69 Å². The van der Waals surface area contributed by atoms with Gasteiger partial charge in [0.1, 0.15) is 11.8 Å². The van der Waals surface area contributed by atoms with Gasteiger partial charge in [-0.1, -0.05) is 36.7 Å². The van der Waals surface area contributed by atoms with Gasteiger partial charge >= 0.3 is 0 Å². The number of sulfonamides is 1. The molecule has 0 bridgehead atoms. The summed E-state index contributed by atoms with van der Waals surface area (Å²) < 4.78 is 31.3. The average Bonchev–Trinajstić information content (AvgIpc) is 2.81. The molecule has 2 aromatic carbocycles. The van der Waals surface area contributed by atoms with Gasteiger partial charge < -0.3 is 15.0 Å². The van der Waals surface area contributed by atoms with E-state index in [1.807, 2.05) is 38.1 Å². The lowest BCUT2D eigenvalue weighted by molar-refractivity contribution is -0.141. The molecular weight excluding hydrogens is 490 g/mol. The van der Waals surface area contributed by atoms with Crippen LogP contribution < -0.4 is 14.4 Å². The highest BCUT2D eigenvalue weighted by Gasteiger charge is 2.28. The number of hydrogen-bond acceptors (Lipinski definition) is 5. The van der Waals surface area contributed by atoms with Crippen LogP contribution in [0.1, 0.15) is 38.7 Å². The molecule has 8 nitrogen and oxygen atoms in total. The van der Waals surface area contributed by atoms with Crippen LogP contribution in [0.25, 0.3) is 0 Å². The molecule has 0 fully saturated rings. The average molecular weight is 524 g/mol. The number of rotatable bonds is 13. The number of carbonyl (C=O) groups is 2. The lowest BCUT2D eigenvalue weighted by Crippen LogP contribution is -2.49. The fourth-order valence-corrected chi connectivity index (χ4v) is 4.96. The normalized spacial score (nSPS) is 12.0.